The third kappa shape index (κ3) is 3.07. The predicted molar refractivity (Wildman–Crippen MR) is 96.8 cm³/mol. The second kappa shape index (κ2) is 6.47. The molecular formula is C21H28N2O2. The first-order chi connectivity index (χ1) is 12.1. The lowest BCUT2D eigenvalue weighted by molar-refractivity contribution is -0.138. The fraction of sp³-hybridized carbons (Fsp3) is 0.619. The molecule has 0 radical (unpaired) electrons. The van der Waals surface area contributed by atoms with Crippen molar-refractivity contribution in [2.24, 2.45) is 17.3 Å². The van der Waals surface area contributed by atoms with E-state index in [1.165, 1.54) is 24.8 Å². The van der Waals surface area contributed by atoms with E-state index in [-0.39, 0.29) is 23.3 Å². The maximum absolute atomic E-state index is 13.4. The summed E-state index contributed by atoms with van der Waals surface area (Å²) in [6.07, 6.45) is 6.87. The van der Waals surface area contributed by atoms with Gasteiger partial charge in [-0.1, -0.05) is 36.8 Å². The first kappa shape index (κ1) is 16.6. The van der Waals surface area contributed by atoms with Gasteiger partial charge < -0.3 is 10.2 Å². The van der Waals surface area contributed by atoms with Gasteiger partial charge in [-0.15, -0.1) is 0 Å². The molecule has 1 aliphatic heterocycles. The summed E-state index contributed by atoms with van der Waals surface area (Å²) in [6.45, 7) is 0.639. The highest BCUT2D eigenvalue weighted by Gasteiger charge is 2.55. The number of likely N-dealkylation sites (tertiary alicyclic amines) is 1. The molecule has 4 atom stereocenters. The molecule has 2 saturated carbocycles. The smallest absolute Gasteiger partial charge is 0.227 e. The van der Waals surface area contributed by atoms with Gasteiger partial charge in [0.15, 0.2) is 0 Å². The summed E-state index contributed by atoms with van der Waals surface area (Å²) >= 11 is 0. The highest BCUT2D eigenvalue weighted by molar-refractivity contribution is 5.85. The van der Waals surface area contributed by atoms with Crippen LogP contribution in [0.15, 0.2) is 30.3 Å². The van der Waals surface area contributed by atoms with Gasteiger partial charge in [0.2, 0.25) is 11.8 Å². The first-order valence-corrected chi connectivity index (χ1v) is 9.66. The van der Waals surface area contributed by atoms with E-state index in [1.807, 2.05) is 13.1 Å². The topological polar surface area (TPSA) is 49.4 Å². The number of piperidine rings is 1. The SMILES string of the molecule is CN1C[C@@H](NC(=O)[C@]2(Cc3ccccc3)C[C@H]3CC[C@H]2C3)CCC1=O. The molecule has 4 rings (SSSR count). The second-order valence-electron chi connectivity index (χ2n) is 8.38. The molecule has 4 nitrogen and oxygen atoms in total. The fourth-order valence-electron chi connectivity index (χ4n) is 5.44. The van der Waals surface area contributed by atoms with E-state index < -0.39 is 0 Å². The minimum absolute atomic E-state index is 0.0991. The van der Waals surface area contributed by atoms with Gasteiger partial charge in [-0.05, 0) is 49.5 Å². The van der Waals surface area contributed by atoms with Crippen LogP contribution in [0, 0.1) is 17.3 Å². The van der Waals surface area contributed by atoms with Crippen molar-refractivity contribution in [2.45, 2.75) is 51.0 Å². The van der Waals surface area contributed by atoms with Gasteiger partial charge in [0.25, 0.3) is 0 Å². The van der Waals surface area contributed by atoms with Gasteiger partial charge in [-0.2, -0.15) is 0 Å². The van der Waals surface area contributed by atoms with E-state index in [0.29, 0.717) is 18.9 Å². The quantitative estimate of drug-likeness (QED) is 0.916. The zero-order valence-corrected chi connectivity index (χ0v) is 15.0. The molecule has 134 valence electrons. The van der Waals surface area contributed by atoms with Crippen LogP contribution in [0.5, 0.6) is 0 Å². The van der Waals surface area contributed by atoms with Gasteiger partial charge in [-0.25, -0.2) is 0 Å². The molecule has 0 aromatic heterocycles. The molecule has 2 aliphatic carbocycles. The van der Waals surface area contributed by atoms with Gasteiger partial charge in [-0.3, -0.25) is 9.59 Å². The molecule has 2 bridgehead atoms. The van der Waals surface area contributed by atoms with Gasteiger partial charge >= 0.3 is 0 Å². The molecule has 1 N–H and O–H groups in total. The minimum Gasteiger partial charge on any atom is -0.351 e. The Balaban J connectivity index is 1.52. The zero-order chi connectivity index (χ0) is 17.4. The standard InChI is InChI=1S/C21H28N2O2/c1-23-14-18(9-10-19(23)24)22-20(25)21(12-15-5-3-2-4-6-15)13-16-7-8-17(21)11-16/h2-6,16-18H,7-14H2,1H3,(H,22,25)/t16-,17-,18-,21+/m0/s1. The van der Waals surface area contributed by atoms with Crippen LogP contribution in [0.2, 0.25) is 0 Å². The lowest BCUT2D eigenvalue weighted by Gasteiger charge is -2.39. The molecule has 25 heavy (non-hydrogen) atoms. The summed E-state index contributed by atoms with van der Waals surface area (Å²) in [5.41, 5.74) is 1.02. The molecular weight excluding hydrogens is 312 g/mol. The molecule has 3 fully saturated rings. The van der Waals surface area contributed by atoms with Crippen molar-refractivity contribution in [3.8, 4) is 0 Å². The van der Waals surface area contributed by atoms with Crippen LogP contribution >= 0.6 is 0 Å². The Morgan fingerprint density at radius 1 is 1.24 bits per heavy atom. The Morgan fingerprint density at radius 2 is 2.04 bits per heavy atom. The lowest BCUT2D eigenvalue weighted by Crippen LogP contribution is -2.54. The summed E-state index contributed by atoms with van der Waals surface area (Å²) in [5, 5.41) is 3.32. The van der Waals surface area contributed by atoms with Crippen LogP contribution < -0.4 is 5.32 Å². The van der Waals surface area contributed by atoms with E-state index >= 15 is 0 Å². The Morgan fingerprint density at radius 3 is 2.68 bits per heavy atom. The van der Waals surface area contributed by atoms with E-state index in [1.54, 1.807) is 4.90 Å². The molecule has 1 saturated heterocycles. The highest BCUT2D eigenvalue weighted by Crippen LogP contribution is 2.57. The monoisotopic (exact) mass is 340 g/mol. The number of carbonyl (C=O) groups is 2. The van der Waals surface area contributed by atoms with Crippen molar-refractivity contribution in [2.75, 3.05) is 13.6 Å². The largest absolute Gasteiger partial charge is 0.351 e. The van der Waals surface area contributed by atoms with Crippen molar-refractivity contribution in [1.82, 2.24) is 10.2 Å². The van der Waals surface area contributed by atoms with Crippen molar-refractivity contribution in [3.63, 3.8) is 0 Å². The van der Waals surface area contributed by atoms with E-state index in [0.717, 1.165) is 25.2 Å². The molecule has 2 amide bonds. The molecule has 0 spiro atoms. The van der Waals surface area contributed by atoms with Gasteiger partial charge in [0.05, 0.1) is 5.41 Å². The number of amides is 2. The first-order valence-electron chi connectivity index (χ1n) is 9.66. The van der Waals surface area contributed by atoms with Crippen LogP contribution in [-0.4, -0.2) is 36.3 Å². The molecule has 1 heterocycles. The Bertz CT molecular complexity index is 659. The van der Waals surface area contributed by atoms with E-state index in [4.69, 9.17) is 0 Å². The summed E-state index contributed by atoms with van der Waals surface area (Å²) in [4.78, 5) is 26.9. The van der Waals surface area contributed by atoms with Crippen LogP contribution in [0.4, 0.5) is 0 Å². The number of likely N-dealkylation sites (N-methyl/N-ethyl adjacent to an activating group) is 1. The summed E-state index contributed by atoms with van der Waals surface area (Å²) in [5.74, 6) is 1.65. The van der Waals surface area contributed by atoms with Crippen molar-refractivity contribution in [3.05, 3.63) is 35.9 Å². The number of rotatable bonds is 4. The molecule has 0 unspecified atom stereocenters. The zero-order valence-electron chi connectivity index (χ0n) is 15.0. The molecule has 3 aliphatic rings. The Labute approximate surface area is 150 Å². The number of carbonyl (C=O) groups excluding carboxylic acids is 2. The molecule has 1 aromatic rings. The molecule has 1 aromatic carbocycles. The summed E-state index contributed by atoms with van der Waals surface area (Å²) < 4.78 is 0. The number of hydrogen-bond acceptors (Lipinski definition) is 2. The van der Waals surface area contributed by atoms with Gasteiger partial charge in [0.1, 0.15) is 0 Å². The number of fused-ring (bicyclic) bond motifs is 2. The Hall–Kier alpha value is -1.84. The fourth-order valence-corrected chi connectivity index (χ4v) is 5.44. The average molecular weight is 340 g/mol. The second-order valence-corrected chi connectivity index (χ2v) is 8.38. The van der Waals surface area contributed by atoms with Crippen LogP contribution in [0.3, 0.4) is 0 Å². The van der Waals surface area contributed by atoms with E-state index in [2.05, 4.69) is 29.6 Å². The van der Waals surface area contributed by atoms with Crippen molar-refractivity contribution in [1.29, 1.82) is 0 Å². The summed E-state index contributed by atoms with van der Waals surface area (Å²) in [7, 11) is 1.83. The number of nitrogens with zero attached hydrogens (tertiary/aromatic N) is 1. The van der Waals surface area contributed by atoms with Crippen molar-refractivity contribution >= 4 is 11.8 Å². The number of nitrogens with one attached hydrogen (secondary N) is 1. The number of benzene rings is 1. The third-order valence-corrected chi connectivity index (χ3v) is 6.75. The highest BCUT2D eigenvalue weighted by atomic mass is 16.2. The third-order valence-electron chi connectivity index (χ3n) is 6.75. The van der Waals surface area contributed by atoms with Crippen LogP contribution in [0.1, 0.15) is 44.1 Å². The predicted octanol–water partition coefficient (Wildman–Crippen LogP) is 2.77. The number of hydrogen-bond donors (Lipinski definition) is 1. The lowest BCUT2D eigenvalue weighted by atomic mass is 9.68. The minimum atomic E-state index is -0.246. The van der Waals surface area contributed by atoms with Crippen molar-refractivity contribution < 1.29 is 9.59 Å². The van der Waals surface area contributed by atoms with E-state index in [9.17, 15) is 9.59 Å². The van der Waals surface area contributed by atoms with Gasteiger partial charge in [0, 0.05) is 26.1 Å². The summed E-state index contributed by atoms with van der Waals surface area (Å²) in [6, 6.07) is 10.6. The Kier molecular flexibility index (Phi) is 4.30. The maximum atomic E-state index is 13.4. The van der Waals surface area contributed by atoms with Crippen LogP contribution in [0.25, 0.3) is 0 Å². The maximum Gasteiger partial charge on any atom is 0.227 e. The molecule has 4 heteroatoms. The average Bonchev–Trinajstić information content (AvgIpc) is 3.21. The normalized spacial score (nSPS) is 34.4. The van der Waals surface area contributed by atoms with Crippen LogP contribution in [-0.2, 0) is 16.0 Å².